The Kier molecular flexibility index (Phi) is 7.81. The molecule has 1 aromatic carbocycles. The van der Waals surface area contributed by atoms with Crippen molar-refractivity contribution in [1.82, 2.24) is 15.0 Å². The second kappa shape index (κ2) is 10.6. The molecule has 1 atom stereocenters. The summed E-state index contributed by atoms with van der Waals surface area (Å²) in [5.74, 6) is -0.186. The van der Waals surface area contributed by atoms with Crippen LogP contribution in [0.2, 0.25) is 0 Å². The van der Waals surface area contributed by atoms with Crippen molar-refractivity contribution >= 4 is 27.5 Å². The molecule has 0 unspecified atom stereocenters. The monoisotopic (exact) mass is 460 g/mol. The standard InChI is InChI=1S/C22H28N4O5S/c1-15(26-32(29,30)20-9-7-18(8-10-20)25-16(2)27)22(28)24-14-17-11-12-23-21(13-17)31-19-5-3-4-6-19/h7-13,15,19,26H,3-6,14H2,1-2H3,(H,24,28)(H,25,27)/t15-/m0/s1. The lowest BCUT2D eigenvalue weighted by Gasteiger charge is -2.15. The van der Waals surface area contributed by atoms with Crippen LogP contribution in [0.1, 0.15) is 45.1 Å². The van der Waals surface area contributed by atoms with E-state index in [0.29, 0.717) is 11.6 Å². The number of carbonyl (C=O) groups excluding carboxylic acids is 2. The second-order valence-corrected chi connectivity index (χ2v) is 9.51. The predicted molar refractivity (Wildman–Crippen MR) is 119 cm³/mol. The van der Waals surface area contributed by atoms with Crippen LogP contribution in [0.3, 0.4) is 0 Å². The van der Waals surface area contributed by atoms with E-state index >= 15 is 0 Å². The van der Waals surface area contributed by atoms with E-state index in [1.165, 1.54) is 38.1 Å². The molecular weight excluding hydrogens is 432 g/mol. The number of nitrogens with one attached hydrogen (secondary N) is 3. The van der Waals surface area contributed by atoms with Crippen LogP contribution in [0.4, 0.5) is 5.69 Å². The molecule has 1 saturated carbocycles. The van der Waals surface area contributed by atoms with E-state index in [0.717, 1.165) is 31.2 Å². The molecule has 1 aliphatic rings. The van der Waals surface area contributed by atoms with E-state index in [1.807, 2.05) is 0 Å². The maximum atomic E-state index is 12.6. The predicted octanol–water partition coefficient (Wildman–Crippen LogP) is 2.34. The van der Waals surface area contributed by atoms with Crippen molar-refractivity contribution in [2.24, 2.45) is 0 Å². The highest BCUT2D eigenvalue weighted by molar-refractivity contribution is 7.89. The van der Waals surface area contributed by atoms with Gasteiger partial charge in [-0.3, -0.25) is 9.59 Å². The van der Waals surface area contributed by atoms with Crippen LogP contribution in [0.5, 0.6) is 5.88 Å². The number of hydrogen-bond acceptors (Lipinski definition) is 6. The zero-order valence-electron chi connectivity index (χ0n) is 18.1. The Morgan fingerprint density at radius 2 is 1.84 bits per heavy atom. The molecule has 9 nitrogen and oxygen atoms in total. The SMILES string of the molecule is CC(=O)Nc1ccc(S(=O)(=O)N[C@@H](C)C(=O)NCc2ccnc(OC3CCCC3)c2)cc1. The first-order chi connectivity index (χ1) is 15.2. The van der Waals surface area contributed by atoms with Gasteiger partial charge in [-0.25, -0.2) is 13.4 Å². The number of nitrogens with zero attached hydrogens (tertiary/aromatic N) is 1. The summed E-state index contributed by atoms with van der Waals surface area (Å²) in [5.41, 5.74) is 1.29. The lowest BCUT2D eigenvalue weighted by atomic mass is 10.2. The van der Waals surface area contributed by atoms with Crippen LogP contribution in [0, 0.1) is 0 Å². The fourth-order valence-corrected chi connectivity index (χ4v) is 4.62. The lowest BCUT2D eigenvalue weighted by molar-refractivity contribution is -0.122. The number of rotatable bonds is 9. The maximum absolute atomic E-state index is 12.6. The van der Waals surface area contributed by atoms with Gasteiger partial charge in [0.15, 0.2) is 0 Å². The summed E-state index contributed by atoms with van der Waals surface area (Å²) in [6.45, 7) is 3.06. The highest BCUT2D eigenvalue weighted by atomic mass is 32.2. The molecule has 32 heavy (non-hydrogen) atoms. The van der Waals surface area contributed by atoms with Crippen LogP contribution in [-0.2, 0) is 26.2 Å². The molecule has 1 aliphatic carbocycles. The number of aromatic nitrogens is 1. The van der Waals surface area contributed by atoms with Crippen molar-refractivity contribution in [3.8, 4) is 5.88 Å². The number of anilines is 1. The quantitative estimate of drug-likeness (QED) is 0.527. The Morgan fingerprint density at radius 1 is 1.16 bits per heavy atom. The van der Waals surface area contributed by atoms with E-state index < -0.39 is 22.0 Å². The number of hydrogen-bond donors (Lipinski definition) is 3. The summed E-state index contributed by atoms with van der Waals surface area (Å²) in [4.78, 5) is 27.7. The normalized spacial score (nSPS) is 15.2. The first-order valence-corrected chi connectivity index (χ1v) is 12.0. The Labute approximate surface area is 188 Å². The third kappa shape index (κ3) is 6.76. The zero-order valence-corrected chi connectivity index (χ0v) is 18.9. The molecule has 3 N–H and O–H groups in total. The number of carbonyl (C=O) groups is 2. The molecule has 0 aliphatic heterocycles. The van der Waals surface area contributed by atoms with Gasteiger partial charge >= 0.3 is 0 Å². The summed E-state index contributed by atoms with van der Waals surface area (Å²) < 4.78 is 33.4. The van der Waals surface area contributed by atoms with Crippen LogP contribution >= 0.6 is 0 Å². The summed E-state index contributed by atoms with van der Waals surface area (Å²) >= 11 is 0. The van der Waals surface area contributed by atoms with Gasteiger partial charge in [0.25, 0.3) is 0 Å². The van der Waals surface area contributed by atoms with Crippen LogP contribution < -0.4 is 20.1 Å². The molecule has 172 valence electrons. The summed E-state index contributed by atoms with van der Waals surface area (Å²) in [6.07, 6.45) is 6.19. The zero-order chi connectivity index (χ0) is 23.1. The molecule has 2 aromatic rings. The third-order valence-electron chi connectivity index (χ3n) is 5.07. The van der Waals surface area contributed by atoms with E-state index in [1.54, 1.807) is 18.3 Å². The van der Waals surface area contributed by atoms with Crippen molar-refractivity contribution in [1.29, 1.82) is 0 Å². The van der Waals surface area contributed by atoms with Gasteiger partial charge < -0.3 is 15.4 Å². The lowest BCUT2D eigenvalue weighted by Crippen LogP contribution is -2.44. The molecular formula is C22H28N4O5S. The minimum atomic E-state index is -3.91. The minimum Gasteiger partial charge on any atom is -0.474 e. The minimum absolute atomic E-state index is 0.00547. The summed E-state index contributed by atoms with van der Waals surface area (Å²) in [6, 6.07) is 8.26. The number of benzene rings is 1. The largest absolute Gasteiger partial charge is 0.474 e. The summed E-state index contributed by atoms with van der Waals surface area (Å²) in [7, 11) is -3.91. The van der Waals surface area contributed by atoms with E-state index in [2.05, 4.69) is 20.3 Å². The van der Waals surface area contributed by atoms with Gasteiger partial charge in [0, 0.05) is 31.4 Å². The van der Waals surface area contributed by atoms with Gasteiger partial charge in [0.05, 0.1) is 10.9 Å². The van der Waals surface area contributed by atoms with Crippen LogP contribution in [0.15, 0.2) is 47.5 Å². The van der Waals surface area contributed by atoms with E-state index in [4.69, 9.17) is 4.74 Å². The van der Waals surface area contributed by atoms with Gasteiger partial charge in [-0.15, -0.1) is 0 Å². The van der Waals surface area contributed by atoms with Crippen molar-refractivity contribution in [2.75, 3.05) is 5.32 Å². The van der Waals surface area contributed by atoms with E-state index in [-0.39, 0.29) is 23.5 Å². The van der Waals surface area contributed by atoms with Gasteiger partial charge in [-0.2, -0.15) is 4.72 Å². The average Bonchev–Trinajstić information content (AvgIpc) is 3.25. The first-order valence-electron chi connectivity index (χ1n) is 10.5. The molecule has 1 heterocycles. The van der Waals surface area contributed by atoms with Crippen molar-refractivity contribution in [2.45, 2.75) is 63.1 Å². The van der Waals surface area contributed by atoms with Crippen molar-refractivity contribution < 1.29 is 22.7 Å². The maximum Gasteiger partial charge on any atom is 0.241 e. The van der Waals surface area contributed by atoms with Gasteiger partial charge in [-0.05, 0) is 68.5 Å². The molecule has 0 spiro atoms. The summed E-state index contributed by atoms with van der Waals surface area (Å²) in [5, 5.41) is 5.29. The van der Waals surface area contributed by atoms with Gasteiger partial charge in [0.1, 0.15) is 6.10 Å². The first kappa shape index (κ1) is 23.7. The van der Waals surface area contributed by atoms with Crippen molar-refractivity contribution in [3.05, 3.63) is 48.2 Å². The molecule has 0 radical (unpaired) electrons. The topological polar surface area (TPSA) is 126 Å². The van der Waals surface area contributed by atoms with Crippen molar-refractivity contribution in [3.63, 3.8) is 0 Å². The Morgan fingerprint density at radius 3 is 2.50 bits per heavy atom. The second-order valence-electron chi connectivity index (χ2n) is 7.79. The molecule has 3 rings (SSSR count). The smallest absolute Gasteiger partial charge is 0.241 e. The number of amides is 2. The highest BCUT2D eigenvalue weighted by Gasteiger charge is 2.22. The molecule has 10 heteroatoms. The van der Waals surface area contributed by atoms with E-state index in [9.17, 15) is 18.0 Å². The number of ether oxygens (including phenoxy) is 1. The van der Waals surface area contributed by atoms with Gasteiger partial charge in [0.2, 0.25) is 27.7 Å². The number of pyridine rings is 1. The fraction of sp³-hybridized carbons (Fsp3) is 0.409. The number of sulfonamides is 1. The highest BCUT2D eigenvalue weighted by Crippen LogP contribution is 2.23. The molecule has 0 saturated heterocycles. The Bertz CT molecular complexity index is 1050. The molecule has 2 amide bonds. The Balaban J connectivity index is 1.53. The Hall–Kier alpha value is -2.98. The molecule has 1 aromatic heterocycles. The third-order valence-corrected chi connectivity index (χ3v) is 6.62. The average molecular weight is 461 g/mol. The molecule has 0 bridgehead atoms. The van der Waals surface area contributed by atoms with Crippen LogP contribution in [-0.4, -0.2) is 37.4 Å². The van der Waals surface area contributed by atoms with Gasteiger partial charge in [-0.1, -0.05) is 0 Å². The van der Waals surface area contributed by atoms with Crippen LogP contribution in [0.25, 0.3) is 0 Å². The fourth-order valence-electron chi connectivity index (χ4n) is 3.42. The molecule has 1 fully saturated rings.